The largest absolute Gasteiger partial charge is 0.339 e. The molecule has 1 N–H and O–H groups in total. The van der Waals surface area contributed by atoms with Crippen LogP contribution in [-0.2, 0) is 10.0 Å². The summed E-state index contributed by atoms with van der Waals surface area (Å²) in [6.45, 7) is 1.38. The second kappa shape index (κ2) is 8.36. The van der Waals surface area contributed by atoms with Crippen LogP contribution in [0.25, 0.3) is 33.4 Å². The third-order valence-electron chi connectivity index (χ3n) is 5.76. The monoisotopic (exact) mass is 484 g/mol. The lowest BCUT2D eigenvalue weighted by molar-refractivity contribution is 0.0703. The normalized spacial score (nSPS) is 15.3. The first kappa shape index (κ1) is 21.7. The third kappa shape index (κ3) is 4.41. The summed E-state index contributed by atoms with van der Waals surface area (Å²) < 4.78 is 38.0. The SMILES string of the molecule is CS(=O)(=O)N1CCN(C(=O)c2cc(-c3cnc4[nH]c(-c5ccc(F)cc5)cc4c3)cs2)CC1. The van der Waals surface area contributed by atoms with E-state index in [1.807, 2.05) is 23.6 Å². The number of thiophene rings is 1. The van der Waals surface area contributed by atoms with Gasteiger partial charge >= 0.3 is 0 Å². The first-order valence-electron chi connectivity index (χ1n) is 10.4. The molecule has 170 valence electrons. The van der Waals surface area contributed by atoms with E-state index in [-0.39, 0.29) is 11.7 Å². The Labute approximate surface area is 194 Å². The van der Waals surface area contributed by atoms with Crippen molar-refractivity contribution < 1.29 is 17.6 Å². The van der Waals surface area contributed by atoms with Gasteiger partial charge in [-0.25, -0.2) is 17.8 Å². The first-order chi connectivity index (χ1) is 15.8. The Morgan fingerprint density at radius 3 is 2.45 bits per heavy atom. The molecule has 7 nitrogen and oxygen atoms in total. The lowest BCUT2D eigenvalue weighted by Gasteiger charge is -2.32. The van der Waals surface area contributed by atoms with Gasteiger partial charge in [-0.2, -0.15) is 4.31 Å². The van der Waals surface area contributed by atoms with E-state index in [0.29, 0.717) is 31.1 Å². The van der Waals surface area contributed by atoms with E-state index in [2.05, 4.69) is 9.97 Å². The molecule has 10 heteroatoms. The van der Waals surface area contributed by atoms with Gasteiger partial charge in [-0.15, -0.1) is 11.3 Å². The molecule has 33 heavy (non-hydrogen) atoms. The Balaban J connectivity index is 1.34. The number of H-pyrrole nitrogens is 1. The van der Waals surface area contributed by atoms with Crippen molar-refractivity contribution in [1.29, 1.82) is 0 Å². The molecule has 1 amide bonds. The molecule has 0 saturated carbocycles. The van der Waals surface area contributed by atoms with Crippen molar-refractivity contribution in [2.45, 2.75) is 0 Å². The molecule has 0 atom stereocenters. The average molecular weight is 485 g/mol. The second-order valence-electron chi connectivity index (χ2n) is 8.01. The van der Waals surface area contributed by atoms with E-state index in [4.69, 9.17) is 0 Å². The van der Waals surface area contributed by atoms with Crippen molar-refractivity contribution in [2.75, 3.05) is 32.4 Å². The van der Waals surface area contributed by atoms with Gasteiger partial charge in [0, 0.05) is 49.0 Å². The minimum Gasteiger partial charge on any atom is -0.339 e. The maximum absolute atomic E-state index is 13.2. The summed E-state index contributed by atoms with van der Waals surface area (Å²) in [6.07, 6.45) is 2.95. The summed E-state index contributed by atoms with van der Waals surface area (Å²) in [6, 6.07) is 12.1. The summed E-state index contributed by atoms with van der Waals surface area (Å²) in [5.41, 5.74) is 4.24. The van der Waals surface area contributed by atoms with Crippen molar-refractivity contribution in [3.63, 3.8) is 0 Å². The van der Waals surface area contributed by atoms with Gasteiger partial charge in [-0.05, 0) is 59.0 Å². The van der Waals surface area contributed by atoms with Gasteiger partial charge in [-0.3, -0.25) is 4.79 Å². The van der Waals surface area contributed by atoms with E-state index >= 15 is 0 Å². The summed E-state index contributed by atoms with van der Waals surface area (Å²) in [7, 11) is -3.24. The van der Waals surface area contributed by atoms with E-state index in [9.17, 15) is 17.6 Å². The number of halogens is 1. The zero-order valence-electron chi connectivity index (χ0n) is 17.8. The highest BCUT2D eigenvalue weighted by Gasteiger charge is 2.27. The van der Waals surface area contributed by atoms with Crippen molar-refractivity contribution in [3.8, 4) is 22.4 Å². The number of amides is 1. The van der Waals surface area contributed by atoms with Gasteiger partial charge in [0.05, 0.1) is 11.1 Å². The van der Waals surface area contributed by atoms with Gasteiger partial charge < -0.3 is 9.88 Å². The average Bonchev–Trinajstić information content (AvgIpc) is 3.45. The third-order valence-corrected chi connectivity index (χ3v) is 7.99. The van der Waals surface area contributed by atoms with Crippen molar-refractivity contribution in [2.24, 2.45) is 0 Å². The molecule has 0 bridgehead atoms. The van der Waals surface area contributed by atoms with Crippen molar-refractivity contribution in [3.05, 3.63) is 64.7 Å². The molecule has 3 aromatic heterocycles. The number of pyridine rings is 1. The smallest absolute Gasteiger partial charge is 0.264 e. The Morgan fingerprint density at radius 2 is 1.76 bits per heavy atom. The van der Waals surface area contributed by atoms with Crippen LogP contribution in [0.5, 0.6) is 0 Å². The van der Waals surface area contributed by atoms with Crippen LogP contribution in [0.4, 0.5) is 4.39 Å². The standard InChI is InChI=1S/C23H21FN4O3S2/c1-33(30,31)28-8-6-27(7-9-28)23(29)21-12-18(14-32-21)17-10-16-11-20(26-22(16)25-13-17)15-2-4-19(24)5-3-15/h2-5,10-14H,6-9H2,1H3,(H,25,26). The van der Waals surface area contributed by atoms with Crippen LogP contribution in [-0.4, -0.2) is 65.9 Å². The molecule has 4 heterocycles. The fourth-order valence-electron chi connectivity index (χ4n) is 3.94. The van der Waals surface area contributed by atoms with E-state index in [1.54, 1.807) is 23.2 Å². The first-order valence-corrected chi connectivity index (χ1v) is 13.1. The summed E-state index contributed by atoms with van der Waals surface area (Å²) in [5, 5.41) is 2.85. The number of piperazine rings is 1. The van der Waals surface area contributed by atoms with Gasteiger partial charge in [-0.1, -0.05) is 0 Å². The van der Waals surface area contributed by atoms with Crippen LogP contribution in [0, 0.1) is 5.82 Å². The molecular weight excluding hydrogens is 463 g/mol. The fourth-order valence-corrected chi connectivity index (χ4v) is 5.65. The number of sulfonamides is 1. The number of nitrogens with one attached hydrogen (secondary N) is 1. The predicted octanol–water partition coefficient (Wildman–Crippen LogP) is 3.81. The zero-order valence-corrected chi connectivity index (χ0v) is 19.4. The summed E-state index contributed by atoms with van der Waals surface area (Å²) >= 11 is 1.37. The maximum Gasteiger partial charge on any atom is 0.264 e. The number of fused-ring (bicyclic) bond motifs is 1. The maximum atomic E-state index is 13.2. The molecular formula is C23H21FN4O3S2. The highest BCUT2D eigenvalue weighted by molar-refractivity contribution is 7.88. The minimum absolute atomic E-state index is 0.0892. The Kier molecular flexibility index (Phi) is 5.51. The van der Waals surface area contributed by atoms with Crippen LogP contribution >= 0.6 is 11.3 Å². The number of nitrogens with zero attached hydrogens (tertiary/aromatic N) is 3. The van der Waals surface area contributed by atoms with Crippen LogP contribution in [0.2, 0.25) is 0 Å². The molecule has 1 aromatic carbocycles. The molecule has 4 aromatic rings. The Bertz CT molecular complexity index is 1440. The summed E-state index contributed by atoms with van der Waals surface area (Å²) in [4.78, 5) is 23.0. The van der Waals surface area contributed by atoms with Crippen LogP contribution < -0.4 is 0 Å². The number of benzene rings is 1. The number of aromatic nitrogens is 2. The molecule has 0 spiro atoms. The molecule has 1 aliphatic rings. The molecule has 0 radical (unpaired) electrons. The highest BCUT2D eigenvalue weighted by atomic mass is 32.2. The van der Waals surface area contributed by atoms with Gasteiger partial charge in [0.2, 0.25) is 10.0 Å². The molecule has 5 rings (SSSR count). The van der Waals surface area contributed by atoms with Crippen LogP contribution in [0.1, 0.15) is 9.67 Å². The van der Waals surface area contributed by atoms with Crippen molar-refractivity contribution in [1.82, 2.24) is 19.2 Å². The van der Waals surface area contributed by atoms with E-state index in [1.165, 1.54) is 34.0 Å². The number of carbonyl (C=O) groups excluding carboxylic acids is 1. The number of carbonyl (C=O) groups is 1. The highest BCUT2D eigenvalue weighted by Crippen LogP contribution is 2.30. The van der Waals surface area contributed by atoms with Gasteiger partial charge in [0.1, 0.15) is 11.5 Å². The molecule has 1 aliphatic heterocycles. The van der Waals surface area contributed by atoms with Crippen LogP contribution in [0.3, 0.4) is 0 Å². The summed E-state index contributed by atoms with van der Waals surface area (Å²) in [5.74, 6) is -0.371. The lowest BCUT2D eigenvalue weighted by Crippen LogP contribution is -2.50. The Hall–Kier alpha value is -3.08. The fraction of sp³-hybridized carbons (Fsp3) is 0.217. The predicted molar refractivity (Wildman–Crippen MR) is 127 cm³/mol. The van der Waals surface area contributed by atoms with Gasteiger partial charge in [0.25, 0.3) is 5.91 Å². The molecule has 0 unspecified atom stereocenters. The topological polar surface area (TPSA) is 86.4 Å². The minimum atomic E-state index is -3.24. The lowest BCUT2D eigenvalue weighted by atomic mass is 10.1. The number of hydrogen-bond acceptors (Lipinski definition) is 5. The number of aromatic amines is 1. The van der Waals surface area contributed by atoms with E-state index in [0.717, 1.165) is 33.4 Å². The van der Waals surface area contributed by atoms with Gasteiger partial charge in [0.15, 0.2) is 0 Å². The van der Waals surface area contributed by atoms with Crippen LogP contribution in [0.15, 0.2) is 54.0 Å². The number of rotatable bonds is 4. The Morgan fingerprint density at radius 1 is 1.03 bits per heavy atom. The quantitative estimate of drug-likeness (QED) is 0.477. The molecule has 1 fully saturated rings. The number of hydrogen-bond donors (Lipinski definition) is 1. The zero-order chi connectivity index (χ0) is 23.2. The second-order valence-corrected chi connectivity index (χ2v) is 10.9. The molecule has 1 saturated heterocycles. The van der Waals surface area contributed by atoms with Crippen molar-refractivity contribution >= 4 is 38.3 Å². The molecule has 0 aliphatic carbocycles. The van der Waals surface area contributed by atoms with E-state index < -0.39 is 10.0 Å².